The second-order valence-electron chi connectivity index (χ2n) is 7.40. The smallest absolute Gasteiger partial charge is 0.225 e. The number of nitrogens with one attached hydrogen (secondary N) is 1. The quantitative estimate of drug-likeness (QED) is 0.906. The van der Waals surface area contributed by atoms with Crippen LogP contribution in [0.1, 0.15) is 44.1 Å². The van der Waals surface area contributed by atoms with Crippen molar-refractivity contribution in [2.75, 3.05) is 13.1 Å². The Hall–Kier alpha value is -1.84. The van der Waals surface area contributed by atoms with Crippen molar-refractivity contribution in [3.8, 4) is 0 Å². The average molecular weight is 312 g/mol. The van der Waals surface area contributed by atoms with E-state index < -0.39 is 0 Å². The molecular weight excluding hydrogens is 288 g/mol. The van der Waals surface area contributed by atoms with E-state index in [2.05, 4.69) is 29.6 Å². The second-order valence-corrected chi connectivity index (χ2v) is 7.40. The monoisotopic (exact) mass is 312 g/mol. The lowest BCUT2D eigenvalue weighted by Crippen LogP contribution is -2.47. The number of amides is 2. The van der Waals surface area contributed by atoms with Crippen LogP contribution in [0.4, 0.5) is 0 Å². The van der Waals surface area contributed by atoms with Crippen LogP contribution >= 0.6 is 0 Å². The van der Waals surface area contributed by atoms with E-state index in [9.17, 15) is 9.59 Å². The largest absolute Gasteiger partial charge is 0.355 e. The Morgan fingerprint density at radius 1 is 1.22 bits per heavy atom. The summed E-state index contributed by atoms with van der Waals surface area (Å²) >= 11 is 0. The molecule has 1 atom stereocenters. The van der Waals surface area contributed by atoms with Crippen LogP contribution < -0.4 is 5.32 Å². The first-order chi connectivity index (χ1) is 11.2. The number of carbonyl (C=O) groups is 2. The van der Waals surface area contributed by atoms with Crippen molar-refractivity contribution in [3.05, 3.63) is 35.9 Å². The van der Waals surface area contributed by atoms with E-state index in [1.165, 1.54) is 12.0 Å². The number of hydrogen-bond donors (Lipinski definition) is 1. The maximum absolute atomic E-state index is 12.5. The molecule has 1 aromatic rings. The van der Waals surface area contributed by atoms with Gasteiger partial charge in [0.25, 0.3) is 0 Å². The fourth-order valence-electron chi connectivity index (χ4n) is 4.01. The van der Waals surface area contributed by atoms with Gasteiger partial charge in [0.2, 0.25) is 11.8 Å². The van der Waals surface area contributed by atoms with Crippen LogP contribution in [-0.4, -0.2) is 35.8 Å². The number of hydrogen-bond acceptors (Lipinski definition) is 2. The first kappa shape index (κ1) is 14.7. The summed E-state index contributed by atoms with van der Waals surface area (Å²) in [6.07, 6.45) is 6.10. The molecule has 122 valence electrons. The van der Waals surface area contributed by atoms with E-state index in [1.54, 1.807) is 0 Å². The molecule has 1 aromatic carbocycles. The van der Waals surface area contributed by atoms with Crippen molar-refractivity contribution in [1.29, 1.82) is 0 Å². The molecule has 0 unspecified atom stereocenters. The molecule has 4 nitrogen and oxygen atoms in total. The normalized spacial score (nSPS) is 26.0. The number of benzene rings is 1. The van der Waals surface area contributed by atoms with Gasteiger partial charge in [0.15, 0.2) is 0 Å². The van der Waals surface area contributed by atoms with Crippen LogP contribution in [0, 0.1) is 5.92 Å². The third-order valence-electron chi connectivity index (χ3n) is 5.81. The number of rotatable bonds is 5. The Kier molecular flexibility index (Phi) is 3.63. The fourth-order valence-corrected chi connectivity index (χ4v) is 4.01. The molecule has 1 heterocycles. The third-order valence-corrected chi connectivity index (χ3v) is 5.81. The van der Waals surface area contributed by atoms with Crippen LogP contribution in [-0.2, 0) is 15.0 Å². The molecule has 2 saturated carbocycles. The van der Waals surface area contributed by atoms with Gasteiger partial charge in [0.05, 0.1) is 5.92 Å². The fraction of sp³-hybridized carbons (Fsp3) is 0.579. The Balaban J connectivity index is 1.37. The summed E-state index contributed by atoms with van der Waals surface area (Å²) in [5.74, 6) is 0.0637. The third kappa shape index (κ3) is 2.75. The molecule has 23 heavy (non-hydrogen) atoms. The van der Waals surface area contributed by atoms with Gasteiger partial charge in [-0.25, -0.2) is 0 Å². The first-order valence-electron chi connectivity index (χ1n) is 8.81. The Morgan fingerprint density at radius 2 is 1.96 bits per heavy atom. The summed E-state index contributed by atoms with van der Waals surface area (Å²) in [5.41, 5.74) is 1.43. The zero-order valence-electron chi connectivity index (χ0n) is 13.5. The van der Waals surface area contributed by atoms with Crippen molar-refractivity contribution < 1.29 is 9.59 Å². The lowest BCUT2D eigenvalue weighted by atomic mass is 9.64. The summed E-state index contributed by atoms with van der Waals surface area (Å²) in [6.45, 7) is 1.32. The van der Waals surface area contributed by atoms with Crippen LogP contribution in [0.2, 0.25) is 0 Å². The molecule has 0 radical (unpaired) electrons. The maximum Gasteiger partial charge on any atom is 0.225 e. The highest BCUT2D eigenvalue weighted by Gasteiger charge is 2.43. The zero-order valence-corrected chi connectivity index (χ0v) is 13.5. The van der Waals surface area contributed by atoms with Gasteiger partial charge in [0.1, 0.15) is 0 Å². The molecule has 0 bridgehead atoms. The first-order valence-corrected chi connectivity index (χ1v) is 8.81. The van der Waals surface area contributed by atoms with Gasteiger partial charge in [-0.05, 0) is 31.2 Å². The highest BCUT2D eigenvalue weighted by atomic mass is 16.2. The highest BCUT2D eigenvalue weighted by Crippen LogP contribution is 2.43. The van der Waals surface area contributed by atoms with Crippen LogP contribution in [0.15, 0.2) is 30.3 Å². The van der Waals surface area contributed by atoms with Crippen molar-refractivity contribution in [2.45, 2.75) is 50.0 Å². The summed E-state index contributed by atoms with van der Waals surface area (Å²) in [7, 11) is 0. The van der Waals surface area contributed by atoms with Gasteiger partial charge >= 0.3 is 0 Å². The van der Waals surface area contributed by atoms with Crippen molar-refractivity contribution >= 4 is 11.8 Å². The van der Waals surface area contributed by atoms with E-state index in [0.29, 0.717) is 25.6 Å². The lowest BCUT2D eigenvalue weighted by molar-refractivity contribution is -0.129. The van der Waals surface area contributed by atoms with Crippen molar-refractivity contribution in [3.63, 3.8) is 0 Å². The lowest BCUT2D eigenvalue weighted by Gasteiger charge is -2.42. The Bertz CT molecular complexity index is 605. The molecule has 1 N–H and O–H groups in total. The highest BCUT2D eigenvalue weighted by molar-refractivity contribution is 5.89. The maximum atomic E-state index is 12.5. The van der Waals surface area contributed by atoms with E-state index in [-0.39, 0.29) is 23.1 Å². The SMILES string of the molecule is O=C(NCC1(c2ccccc2)CCC1)[C@@H]1CC(=O)N(C2CC2)C1. The standard InChI is InChI=1S/C19H24N2O2/c22-17-11-14(12-21(17)16-7-8-16)18(23)20-13-19(9-4-10-19)15-5-2-1-3-6-15/h1-3,5-6,14,16H,4,7-13H2,(H,20,23)/t14-/m1/s1. The van der Waals surface area contributed by atoms with E-state index in [4.69, 9.17) is 0 Å². The number of likely N-dealkylation sites (tertiary alicyclic amines) is 1. The van der Waals surface area contributed by atoms with Crippen LogP contribution in [0.3, 0.4) is 0 Å². The van der Waals surface area contributed by atoms with Crippen molar-refractivity contribution in [2.24, 2.45) is 5.92 Å². The molecule has 0 spiro atoms. The predicted octanol–water partition coefficient (Wildman–Crippen LogP) is 2.24. The van der Waals surface area contributed by atoms with Gasteiger partial charge in [-0.2, -0.15) is 0 Å². The number of carbonyl (C=O) groups excluding carboxylic acids is 2. The molecule has 4 rings (SSSR count). The summed E-state index contributed by atoms with van der Waals surface area (Å²) in [6, 6.07) is 10.9. The molecule has 1 saturated heterocycles. The van der Waals surface area contributed by atoms with E-state index in [0.717, 1.165) is 25.7 Å². The predicted molar refractivity (Wildman–Crippen MR) is 87.8 cm³/mol. The topological polar surface area (TPSA) is 49.4 Å². The second kappa shape index (κ2) is 5.66. The molecule has 2 aliphatic carbocycles. The summed E-state index contributed by atoms with van der Waals surface area (Å²) < 4.78 is 0. The number of nitrogens with zero attached hydrogens (tertiary/aromatic N) is 1. The Labute approximate surface area is 137 Å². The summed E-state index contributed by atoms with van der Waals surface area (Å²) in [5, 5.41) is 3.15. The van der Waals surface area contributed by atoms with Gasteiger partial charge in [-0.1, -0.05) is 36.8 Å². The van der Waals surface area contributed by atoms with Gasteiger partial charge in [-0.15, -0.1) is 0 Å². The van der Waals surface area contributed by atoms with E-state index in [1.807, 2.05) is 11.0 Å². The minimum absolute atomic E-state index is 0.0590. The average Bonchev–Trinajstić information content (AvgIpc) is 3.29. The molecular formula is C19H24N2O2. The van der Waals surface area contributed by atoms with E-state index >= 15 is 0 Å². The molecule has 1 aliphatic heterocycles. The minimum atomic E-state index is -0.156. The molecule has 3 aliphatic rings. The summed E-state index contributed by atoms with van der Waals surface area (Å²) in [4.78, 5) is 26.4. The minimum Gasteiger partial charge on any atom is -0.355 e. The molecule has 0 aromatic heterocycles. The van der Waals surface area contributed by atoms with Crippen LogP contribution in [0.5, 0.6) is 0 Å². The Morgan fingerprint density at radius 3 is 2.57 bits per heavy atom. The molecule has 2 amide bonds. The molecule has 4 heteroatoms. The van der Waals surface area contributed by atoms with Crippen LogP contribution in [0.25, 0.3) is 0 Å². The van der Waals surface area contributed by atoms with Gasteiger partial charge in [0, 0.05) is 31.0 Å². The van der Waals surface area contributed by atoms with Gasteiger partial charge in [-0.3, -0.25) is 9.59 Å². The van der Waals surface area contributed by atoms with Gasteiger partial charge < -0.3 is 10.2 Å². The zero-order chi connectivity index (χ0) is 15.9. The van der Waals surface area contributed by atoms with Crippen molar-refractivity contribution in [1.82, 2.24) is 10.2 Å². The molecule has 3 fully saturated rings.